The maximum atomic E-state index is 5.65. The number of aliphatic imine (C=N–C) groups is 1. The molecule has 0 aromatic carbocycles. The van der Waals surface area contributed by atoms with Crippen molar-refractivity contribution in [3.8, 4) is 0 Å². The van der Waals surface area contributed by atoms with Crippen LogP contribution < -0.4 is 5.32 Å². The van der Waals surface area contributed by atoms with E-state index in [1.807, 2.05) is 13.8 Å². The van der Waals surface area contributed by atoms with Gasteiger partial charge in [0.2, 0.25) is 5.89 Å². The summed E-state index contributed by atoms with van der Waals surface area (Å²) < 4.78 is 5.65. The maximum Gasteiger partial charge on any atom is 0.216 e. The van der Waals surface area contributed by atoms with Crippen LogP contribution in [-0.4, -0.2) is 35.5 Å². The van der Waals surface area contributed by atoms with Crippen LogP contribution in [-0.2, 0) is 6.54 Å². The van der Waals surface area contributed by atoms with E-state index in [0.29, 0.717) is 17.9 Å². The van der Waals surface area contributed by atoms with E-state index in [4.69, 9.17) is 9.41 Å². The highest BCUT2D eigenvalue weighted by Gasteiger charge is 2.39. The minimum atomic E-state index is 0.514. The Bertz CT molecular complexity index is 538. The molecule has 0 unspecified atom stereocenters. The molecule has 1 spiro atoms. The van der Waals surface area contributed by atoms with Gasteiger partial charge in [0.05, 0.1) is 5.69 Å². The van der Waals surface area contributed by atoms with Gasteiger partial charge in [0.1, 0.15) is 12.3 Å². The Labute approximate surface area is 139 Å². The zero-order chi connectivity index (χ0) is 16.3. The van der Waals surface area contributed by atoms with E-state index < -0.39 is 0 Å². The second kappa shape index (κ2) is 6.93. The first-order valence-electron chi connectivity index (χ1n) is 9.08. The molecule has 1 N–H and O–H groups in total. The van der Waals surface area contributed by atoms with Crippen molar-refractivity contribution < 1.29 is 4.42 Å². The third-order valence-corrected chi connectivity index (χ3v) is 5.42. The molecule has 0 bridgehead atoms. The molecular formula is C18H30N4O. The van der Waals surface area contributed by atoms with Crippen molar-refractivity contribution in [1.29, 1.82) is 0 Å². The van der Waals surface area contributed by atoms with Gasteiger partial charge in [0.15, 0.2) is 5.96 Å². The number of aryl methyl sites for hydroxylation is 2. The number of nitrogens with zero attached hydrogens (tertiary/aromatic N) is 3. The Morgan fingerprint density at radius 2 is 2.04 bits per heavy atom. The summed E-state index contributed by atoms with van der Waals surface area (Å²) in [4.78, 5) is 11.6. The van der Waals surface area contributed by atoms with Crippen molar-refractivity contribution in [2.75, 3.05) is 19.6 Å². The highest BCUT2D eigenvalue weighted by Crippen LogP contribution is 2.43. The van der Waals surface area contributed by atoms with Crippen molar-refractivity contribution >= 4 is 5.96 Å². The Morgan fingerprint density at radius 1 is 1.26 bits per heavy atom. The zero-order valence-corrected chi connectivity index (χ0v) is 14.8. The standard InChI is InChI=1S/C18H30N4O/c1-4-19-17(20-12-16-21-14(2)15(3)23-16)22-11-10-18(13-22)8-6-5-7-9-18/h4-13H2,1-3H3,(H,19,20). The van der Waals surface area contributed by atoms with Gasteiger partial charge in [-0.2, -0.15) is 0 Å². The van der Waals surface area contributed by atoms with Gasteiger partial charge in [-0.15, -0.1) is 0 Å². The molecule has 2 aliphatic rings. The van der Waals surface area contributed by atoms with E-state index in [1.165, 1.54) is 38.5 Å². The molecule has 5 heteroatoms. The Balaban J connectivity index is 1.67. The number of nitrogens with one attached hydrogen (secondary N) is 1. The van der Waals surface area contributed by atoms with Crippen LogP contribution in [0.1, 0.15) is 62.8 Å². The molecule has 1 aromatic heterocycles. The molecule has 1 aliphatic heterocycles. The minimum Gasteiger partial charge on any atom is -0.444 e. The summed E-state index contributed by atoms with van der Waals surface area (Å²) in [6.07, 6.45) is 8.31. The van der Waals surface area contributed by atoms with Gasteiger partial charge in [-0.3, -0.25) is 0 Å². The van der Waals surface area contributed by atoms with Gasteiger partial charge < -0.3 is 14.6 Å². The average molecular weight is 318 g/mol. The lowest BCUT2D eigenvalue weighted by Crippen LogP contribution is -2.41. The molecule has 1 aromatic rings. The number of hydrogen-bond acceptors (Lipinski definition) is 3. The molecule has 3 rings (SSSR count). The van der Waals surface area contributed by atoms with Gasteiger partial charge >= 0.3 is 0 Å². The van der Waals surface area contributed by atoms with Crippen molar-refractivity contribution in [3.63, 3.8) is 0 Å². The quantitative estimate of drug-likeness (QED) is 0.685. The van der Waals surface area contributed by atoms with E-state index in [0.717, 1.165) is 37.0 Å². The number of aromatic nitrogens is 1. The van der Waals surface area contributed by atoms with Crippen molar-refractivity contribution in [3.05, 3.63) is 17.3 Å². The Hall–Kier alpha value is -1.52. The van der Waals surface area contributed by atoms with E-state index in [2.05, 4.69) is 22.1 Å². The van der Waals surface area contributed by atoms with Crippen LogP contribution in [0.3, 0.4) is 0 Å². The van der Waals surface area contributed by atoms with Crippen LogP contribution in [0.4, 0.5) is 0 Å². The van der Waals surface area contributed by atoms with E-state index >= 15 is 0 Å². The summed E-state index contributed by atoms with van der Waals surface area (Å²) in [6, 6.07) is 0. The summed E-state index contributed by atoms with van der Waals surface area (Å²) in [5.41, 5.74) is 1.51. The second-order valence-electron chi connectivity index (χ2n) is 7.15. The van der Waals surface area contributed by atoms with E-state index in [9.17, 15) is 0 Å². The number of rotatable bonds is 3. The van der Waals surface area contributed by atoms with Gasteiger partial charge in [-0.05, 0) is 45.4 Å². The highest BCUT2D eigenvalue weighted by atomic mass is 16.4. The summed E-state index contributed by atoms with van der Waals surface area (Å²) in [5.74, 6) is 2.62. The lowest BCUT2D eigenvalue weighted by Gasteiger charge is -2.33. The normalized spacial score (nSPS) is 21.2. The summed E-state index contributed by atoms with van der Waals surface area (Å²) in [7, 11) is 0. The SMILES string of the molecule is CCNC(=NCc1nc(C)c(C)o1)N1CCC2(CCCCC2)C1. The molecule has 0 amide bonds. The number of guanidine groups is 1. The first kappa shape index (κ1) is 16.3. The summed E-state index contributed by atoms with van der Waals surface area (Å²) >= 11 is 0. The monoisotopic (exact) mass is 318 g/mol. The van der Waals surface area contributed by atoms with Crippen LogP contribution in [0, 0.1) is 19.3 Å². The molecular weight excluding hydrogens is 288 g/mol. The van der Waals surface area contributed by atoms with Crippen LogP contribution in [0.25, 0.3) is 0 Å². The van der Waals surface area contributed by atoms with Gasteiger partial charge in [-0.25, -0.2) is 9.98 Å². The van der Waals surface area contributed by atoms with Crippen LogP contribution >= 0.6 is 0 Å². The lowest BCUT2D eigenvalue weighted by molar-refractivity contribution is 0.203. The molecule has 0 radical (unpaired) electrons. The molecule has 1 saturated carbocycles. The van der Waals surface area contributed by atoms with Gasteiger partial charge in [-0.1, -0.05) is 19.3 Å². The predicted molar refractivity (Wildman–Crippen MR) is 92.5 cm³/mol. The van der Waals surface area contributed by atoms with E-state index in [-0.39, 0.29) is 0 Å². The molecule has 2 heterocycles. The topological polar surface area (TPSA) is 53.7 Å². The van der Waals surface area contributed by atoms with Gasteiger partial charge in [0, 0.05) is 19.6 Å². The Kier molecular flexibility index (Phi) is 4.93. The third kappa shape index (κ3) is 3.70. The smallest absolute Gasteiger partial charge is 0.216 e. The molecule has 2 fully saturated rings. The van der Waals surface area contributed by atoms with Gasteiger partial charge in [0.25, 0.3) is 0 Å². The highest BCUT2D eigenvalue weighted by molar-refractivity contribution is 5.80. The Morgan fingerprint density at radius 3 is 2.70 bits per heavy atom. The fraction of sp³-hybridized carbons (Fsp3) is 0.778. The molecule has 1 aliphatic carbocycles. The number of likely N-dealkylation sites (tertiary alicyclic amines) is 1. The number of hydrogen-bond donors (Lipinski definition) is 1. The molecule has 128 valence electrons. The maximum absolute atomic E-state index is 5.65. The second-order valence-corrected chi connectivity index (χ2v) is 7.15. The van der Waals surface area contributed by atoms with Crippen molar-refractivity contribution in [1.82, 2.24) is 15.2 Å². The summed E-state index contributed by atoms with van der Waals surface area (Å²) in [6.45, 7) is 9.74. The van der Waals surface area contributed by atoms with Crippen molar-refractivity contribution in [2.45, 2.75) is 65.8 Å². The minimum absolute atomic E-state index is 0.514. The third-order valence-electron chi connectivity index (χ3n) is 5.42. The lowest BCUT2D eigenvalue weighted by atomic mass is 9.73. The molecule has 5 nitrogen and oxygen atoms in total. The van der Waals surface area contributed by atoms with Crippen molar-refractivity contribution in [2.24, 2.45) is 10.4 Å². The molecule has 1 saturated heterocycles. The summed E-state index contributed by atoms with van der Waals surface area (Å²) in [5, 5.41) is 3.44. The molecule has 23 heavy (non-hydrogen) atoms. The number of oxazole rings is 1. The average Bonchev–Trinajstić information content (AvgIpc) is 3.09. The molecule has 0 atom stereocenters. The first-order valence-corrected chi connectivity index (χ1v) is 9.08. The van der Waals surface area contributed by atoms with E-state index in [1.54, 1.807) is 0 Å². The largest absolute Gasteiger partial charge is 0.444 e. The predicted octanol–water partition coefficient (Wildman–Crippen LogP) is 3.41. The fourth-order valence-corrected chi connectivity index (χ4v) is 4.00. The first-order chi connectivity index (χ1) is 11.1. The zero-order valence-electron chi connectivity index (χ0n) is 14.8. The van der Waals surface area contributed by atoms with Crippen LogP contribution in [0.2, 0.25) is 0 Å². The van der Waals surface area contributed by atoms with Crippen LogP contribution in [0.15, 0.2) is 9.41 Å². The fourth-order valence-electron chi connectivity index (χ4n) is 4.00. The van der Waals surface area contributed by atoms with Crippen LogP contribution in [0.5, 0.6) is 0 Å².